The molecule has 0 bridgehead atoms. The molecule has 92 valence electrons. The number of hydrogen-bond acceptors (Lipinski definition) is 4. The average molecular weight is 245 g/mol. The van der Waals surface area contributed by atoms with Gasteiger partial charge in [0.1, 0.15) is 6.04 Å². The summed E-state index contributed by atoms with van der Waals surface area (Å²) >= 11 is 0. The van der Waals surface area contributed by atoms with E-state index in [1.165, 1.54) is 4.90 Å². The second kappa shape index (κ2) is 4.37. The number of carbonyl (C=O) groups is 2. The zero-order valence-electron chi connectivity index (χ0n) is 9.67. The highest BCUT2D eigenvalue weighted by atomic mass is 16.4. The predicted octanol–water partition coefficient (Wildman–Crippen LogP) is 0.790. The number of hydrogen-bond donors (Lipinski definition) is 2. The fourth-order valence-corrected chi connectivity index (χ4v) is 1.93. The van der Waals surface area contributed by atoms with E-state index in [0.717, 1.165) is 0 Å². The number of nitriles is 1. The summed E-state index contributed by atoms with van der Waals surface area (Å²) in [6, 6.07) is 6.08. The molecule has 0 radical (unpaired) electrons. The number of carbonyl (C=O) groups excluding carboxylic acids is 1. The van der Waals surface area contributed by atoms with Gasteiger partial charge in [-0.15, -0.1) is 0 Å². The normalized spacial score (nSPS) is 17.7. The monoisotopic (exact) mass is 245 g/mol. The van der Waals surface area contributed by atoms with Crippen molar-refractivity contribution >= 4 is 23.3 Å². The number of carboxylic acid groups (broad SMARTS) is 1. The van der Waals surface area contributed by atoms with Crippen LogP contribution in [-0.2, 0) is 9.59 Å². The van der Waals surface area contributed by atoms with Crippen molar-refractivity contribution in [1.82, 2.24) is 0 Å². The molecule has 18 heavy (non-hydrogen) atoms. The maximum absolute atomic E-state index is 11.9. The highest BCUT2D eigenvalue weighted by Crippen LogP contribution is 2.31. The van der Waals surface area contributed by atoms with E-state index in [2.05, 4.69) is 5.32 Å². The molecule has 1 amide bonds. The largest absolute Gasteiger partial charge is 0.481 e. The Balaban J connectivity index is 2.38. The summed E-state index contributed by atoms with van der Waals surface area (Å²) in [4.78, 5) is 24.0. The standard InChI is InChI=1S/C12H11N3O3/c1-15-10-3-2-7(6-13)4-8(10)14-9(12(15)18)5-11(16)17/h2-4,9,14H,5H2,1H3,(H,16,17). The van der Waals surface area contributed by atoms with Crippen molar-refractivity contribution in [3.63, 3.8) is 0 Å². The highest BCUT2D eigenvalue weighted by molar-refractivity contribution is 6.06. The molecular formula is C12H11N3O3. The Morgan fingerprint density at radius 2 is 2.33 bits per heavy atom. The highest BCUT2D eigenvalue weighted by Gasteiger charge is 2.31. The van der Waals surface area contributed by atoms with E-state index in [4.69, 9.17) is 10.4 Å². The lowest BCUT2D eigenvalue weighted by Crippen LogP contribution is -2.46. The molecule has 0 fully saturated rings. The number of nitrogens with zero attached hydrogens (tertiary/aromatic N) is 2. The molecule has 0 aliphatic carbocycles. The van der Waals surface area contributed by atoms with Crippen molar-refractivity contribution in [2.24, 2.45) is 0 Å². The van der Waals surface area contributed by atoms with E-state index in [-0.39, 0.29) is 12.3 Å². The van der Waals surface area contributed by atoms with E-state index < -0.39 is 12.0 Å². The van der Waals surface area contributed by atoms with Crippen molar-refractivity contribution in [3.8, 4) is 6.07 Å². The summed E-state index contributed by atoms with van der Waals surface area (Å²) in [6.45, 7) is 0. The second-order valence-corrected chi connectivity index (χ2v) is 4.04. The van der Waals surface area contributed by atoms with Crippen LogP contribution in [0.5, 0.6) is 0 Å². The lowest BCUT2D eigenvalue weighted by molar-refractivity contribution is -0.138. The number of likely N-dealkylation sites (N-methyl/N-ethyl adjacent to an activating group) is 1. The van der Waals surface area contributed by atoms with Gasteiger partial charge in [0, 0.05) is 7.05 Å². The third kappa shape index (κ3) is 1.98. The van der Waals surface area contributed by atoms with Crippen molar-refractivity contribution in [1.29, 1.82) is 5.26 Å². The number of fused-ring (bicyclic) bond motifs is 1. The number of amides is 1. The molecular weight excluding hydrogens is 234 g/mol. The Bertz CT molecular complexity index is 562. The summed E-state index contributed by atoms with van der Waals surface area (Å²) in [5.74, 6) is -1.34. The van der Waals surface area contributed by atoms with Crippen LogP contribution in [0.1, 0.15) is 12.0 Å². The molecule has 1 aromatic rings. The van der Waals surface area contributed by atoms with Crippen LogP contribution in [0, 0.1) is 11.3 Å². The van der Waals surface area contributed by atoms with Crippen LogP contribution in [-0.4, -0.2) is 30.1 Å². The van der Waals surface area contributed by atoms with Gasteiger partial charge in [0.15, 0.2) is 0 Å². The number of nitrogens with one attached hydrogen (secondary N) is 1. The molecule has 1 unspecified atom stereocenters. The molecule has 1 aliphatic rings. The minimum atomic E-state index is -1.05. The van der Waals surface area contributed by atoms with Gasteiger partial charge in [-0.3, -0.25) is 9.59 Å². The van der Waals surface area contributed by atoms with Crippen LogP contribution < -0.4 is 10.2 Å². The van der Waals surface area contributed by atoms with Crippen molar-refractivity contribution in [3.05, 3.63) is 23.8 Å². The van der Waals surface area contributed by atoms with Crippen molar-refractivity contribution < 1.29 is 14.7 Å². The number of anilines is 2. The summed E-state index contributed by atoms with van der Waals surface area (Å²) in [6.07, 6.45) is -0.292. The molecule has 2 N–H and O–H groups in total. The zero-order chi connectivity index (χ0) is 13.3. The third-order valence-electron chi connectivity index (χ3n) is 2.82. The van der Waals surface area contributed by atoms with Gasteiger partial charge in [-0.1, -0.05) is 0 Å². The van der Waals surface area contributed by atoms with Crippen LogP contribution in [0.25, 0.3) is 0 Å². The molecule has 1 aromatic carbocycles. The molecule has 0 saturated carbocycles. The molecule has 6 nitrogen and oxygen atoms in total. The summed E-state index contributed by atoms with van der Waals surface area (Å²) in [5, 5.41) is 20.4. The first-order valence-corrected chi connectivity index (χ1v) is 5.33. The smallest absolute Gasteiger partial charge is 0.305 e. The molecule has 1 atom stereocenters. The first-order valence-electron chi connectivity index (χ1n) is 5.33. The van der Waals surface area contributed by atoms with Gasteiger partial charge >= 0.3 is 5.97 Å². The van der Waals surface area contributed by atoms with Gasteiger partial charge in [-0.05, 0) is 18.2 Å². The first-order chi connectivity index (χ1) is 8.52. The molecule has 0 spiro atoms. The molecule has 1 aliphatic heterocycles. The van der Waals surface area contributed by atoms with E-state index in [9.17, 15) is 9.59 Å². The maximum Gasteiger partial charge on any atom is 0.305 e. The SMILES string of the molecule is CN1C(=O)C(CC(=O)O)Nc2cc(C#N)ccc21. The average Bonchev–Trinajstić information content (AvgIpc) is 2.34. The Labute approximate surface area is 103 Å². The maximum atomic E-state index is 11.9. The number of aliphatic carboxylic acids is 1. The van der Waals surface area contributed by atoms with Gasteiger partial charge in [-0.2, -0.15) is 5.26 Å². The zero-order valence-corrected chi connectivity index (χ0v) is 9.67. The Morgan fingerprint density at radius 1 is 1.61 bits per heavy atom. The molecule has 1 heterocycles. The van der Waals surface area contributed by atoms with E-state index in [1.54, 1.807) is 25.2 Å². The summed E-state index contributed by atoms with van der Waals surface area (Å²) in [7, 11) is 1.59. The topological polar surface area (TPSA) is 93.4 Å². The van der Waals surface area contributed by atoms with Gasteiger partial charge in [-0.25, -0.2) is 0 Å². The fourth-order valence-electron chi connectivity index (χ4n) is 1.93. The summed E-state index contributed by atoms with van der Waals surface area (Å²) in [5.41, 5.74) is 1.70. The minimum absolute atomic E-state index is 0.292. The minimum Gasteiger partial charge on any atom is -0.481 e. The number of rotatable bonds is 2. The van der Waals surface area contributed by atoms with Crippen LogP contribution in [0.2, 0.25) is 0 Å². The molecule has 6 heteroatoms. The molecule has 0 saturated heterocycles. The second-order valence-electron chi connectivity index (χ2n) is 4.04. The number of benzene rings is 1. The van der Waals surface area contributed by atoms with Crippen LogP contribution in [0.3, 0.4) is 0 Å². The Kier molecular flexibility index (Phi) is 2.90. The lowest BCUT2D eigenvalue weighted by atomic mass is 10.1. The quantitative estimate of drug-likeness (QED) is 0.803. The van der Waals surface area contributed by atoms with Crippen molar-refractivity contribution in [2.75, 3.05) is 17.3 Å². The van der Waals surface area contributed by atoms with E-state index >= 15 is 0 Å². The van der Waals surface area contributed by atoms with Crippen LogP contribution in [0.4, 0.5) is 11.4 Å². The first kappa shape index (κ1) is 11.9. The molecule has 2 rings (SSSR count). The fraction of sp³-hybridized carbons (Fsp3) is 0.250. The Morgan fingerprint density at radius 3 is 2.94 bits per heavy atom. The van der Waals surface area contributed by atoms with Gasteiger partial charge < -0.3 is 15.3 Å². The van der Waals surface area contributed by atoms with E-state index in [1.807, 2.05) is 6.07 Å². The number of carboxylic acids is 1. The Hall–Kier alpha value is -2.55. The van der Waals surface area contributed by atoms with Gasteiger partial charge in [0.05, 0.1) is 29.4 Å². The van der Waals surface area contributed by atoms with E-state index in [0.29, 0.717) is 16.9 Å². The van der Waals surface area contributed by atoms with Gasteiger partial charge in [0.25, 0.3) is 0 Å². The summed E-state index contributed by atoms with van der Waals surface area (Å²) < 4.78 is 0. The predicted molar refractivity (Wildman–Crippen MR) is 64.2 cm³/mol. The van der Waals surface area contributed by atoms with Crippen LogP contribution in [0.15, 0.2) is 18.2 Å². The van der Waals surface area contributed by atoms with Crippen LogP contribution >= 0.6 is 0 Å². The third-order valence-corrected chi connectivity index (χ3v) is 2.82. The van der Waals surface area contributed by atoms with Crippen molar-refractivity contribution in [2.45, 2.75) is 12.5 Å². The lowest BCUT2D eigenvalue weighted by Gasteiger charge is -2.32. The van der Waals surface area contributed by atoms with Gasteiger partial charge in [0.2, 0.25) is 5.91 Å². The molecule has 0 aromatic heterocycles.